The van der Waals surface area contributed by atoms with Crippen molar-refractivity contribution in [1.29, 1.82) is 0 Å². The zero-order chi connectivity index (χ0) is 30.7. The lowest BCUT2D eigenvalue weighted by molar-refractivity contribution is 0.271. The smallest absolute Gasteiger partial charge is 0.0669 e. The second kappa shape index (κ2) is 8.31. The average molecular weight is 594 g/mol. The van der Waals surface area contributed by atoms with E-state index in [1.165, 1.54) is 72.6 Å². The van der Waals surface area contributed by atoms with E-state index < -0.39 is 0 Å². The lowest BCUT2D eigenvalue weighted by Gasteiger charge is -2.56. The van der Waals surface area contributed by atoms with Gasteiger partial charge in [0.2, 0.25) is 0 Å². The highest BCUT2D eigenvalue weighted by atomic mass is 15.2. The number of hydrogen-bond donors (Lipinski definition) is 0. The van der Waals surface area contributed by atoms with E-state index in [0.29, 0.717) is 12.0 Å². The quantitative estimate of drug-likeness (QED) is 0.209. The van der Waals surface area contributed by atoms with Crippen LogP contribution >= 0.6 is 0 Å². The Morgan fingerprint density at radius 2 is 1.57 bits per heavy atom. The maximum absolute atomic E-state index is 2.79. The molecule has 2 fully saturated rings. The van der Waals surface area contributed by atoms with E-state index in [0.717, 1.165) is 24.7 Å². The van der Waals surface area contributed by atoms with Gasteiger partial charge in [-0.3, -0.25) is 0 Å². The molecule has 4 aliphatic carbocycles. The number of allylic oxidation sites excluding steroid dienone is 9. The van der Waals surface area contributed by atoms with Gasteiger partial charge in [-0.25, -0.2) is 0 Å². The highest BCUT2D eigenvalue weighted by Crippen LogP contribution is 2.66. The predicted molar refractivity (Wildman–Crippen MR) is 194 cm³/mol. The van der Waals surface area contributed by atoms with Gasteiger partial charge in [0.1, 0.15) is 0 Å². The summed E-state index contributed by atoms with van der Waals surface area (Å²) in [6.07, 6.45) is 20.7. The number of fused-ring (bicyclic) bond motifs is 5. The van der Waals surface area contributed by atoms with Gasteiger partial charge in [-0.2, -0.15) is 0 Å². The Kier molecular flexibility index (Phi) is 4.66. The van der Waals surface area contributed by atoms with Crippen LogP contribution in [-0.4, -0.2) is 6.04 Å². The van der Waals surface area contributed by atoms with Gasteiger partial charge in [0, 0.05) is 22.6 Å². The fourth-order valence-electron chi connectivity index (χ4n) is 10.3. The standard InChI is InChI=1S/C45H39N/c1-44(2)37-8-5-7-35-36-23-32(24-40-42(36)46(41(35)37)43-38(44)9-6-10-39(43)45(40,3)4)28-16-18-34-30(20-28)14-13-29-19-26(15-17-33(29)34)25-11-12-27-22-31(27)21-25/h5,7-9,11-21,23-24,27,31,37,41H,6,10,22H2,1-4H3. The van der Waals surface area contributed by atoms with Crippen molar-refractivity contribution in [3.8, 4) is 11.1 Å². The fraction of sp³-hybridized carbons (Fsp3) is 0.289. The summed E-state index contributed by atoms with van der Waals surface area (Å²) in [6, 6.07) is 24.3. The van der Waals surface area contributed by atoms with Crippen LogP contribution < -0.4 is 4.90 Å². The van der Waals surface area contributed by atoms with Crippen molar-refractivity contribution in [1.82, 2.24) is 0 Å². The first-order valence-electron chi connectivity index (χ1n) is 17.5. The zero-order valence-corrected chi connectivity index (χ0v) is 27.2. The third-order valence-electron chi connectivity index (χ3n) is 13.0. The first-order valence-corrected chi connectivity index (χ1v) is 17.5. The number of hydrogen-bond acceptors (Lipinski definition) is 1. The first kappa shape index (κ1) is 25.8. The van der Waals surface area contributed by atoms with Crippen LogP contribution in [0.2, 0.25) is 0 Å². The van der Waals surface area contributed by atoms with E-state index in [4.69, 9.17) is 0 Å². The van der Waals surface area contributed by atoms with Crippen molar-refractivity contribution in [3.05, 3.63) is 137 Å². The molecule has 0 aromatic heterocycles. The van der Waals surface area contributed by atoms with E-state index >= 15 is 0 Å². The van der Waals surface area contributed by atoms with Crippen LogP contribution in [0.25, 0.3) is 43.8 Å². The topological polar surface area (TPSA) is 3.24 Å². The second-order valence-corrected chi connectivity index (χ2v) is 16.1. The highest BCUT2D eigenvalue weighted by Gasteiger charge is 2.58. The number of anilines is 1. The average Bonchev–Trinajstić information content (AvgIpc) is 3.78. The maximum atomic E-state index is 2.79. The summed E-state index contributed by atoms with van der Waals surface area (Å²) in [4.78, 5) is 2.79. The van der Waals surface area contributed by atoms with Crippen LogP contribution in [0.5, 0.6) is 0 Å². The highest BCUT2D eigenvalue weighted by molar-refractivity contribution is 6.09. The molecular weight excluding hydrogens is 555 g/mol. The summed E-state index contributed by atoms with van der Waals surface area (Å²) in [5, 5.41) is 5.32. The van der Waals surface area contributed by atoms with E-state index in [-0.39, 0.29) is 10.8 Å². The molecule has 0 bridgehead atoms. The molecular formula is C45H39N. The van der Waals surface area contributed by atoms with Crippen LogP contribution in [0.15, 0.2) is 120 Å². The lowest BCUT2D eigenvalue weighted by atomic mass is 9.59. The van der Waals surface area contributed by atoms with Gasteiger partial charge in [0.05, 0.1) is 11.7 Å². The predicted octanol–water partition coefficient (Wildman–Crippen LogP) is 11.3. The molecule has 1 heteroatoms. The van der Waals surface area contributed by atoms with Crippen molar-refractivity contribution in [2.75, 3.05) is 4.90 Å². The largest absolute Gasteiger partial charge is 0.332 e. The Balaban J connectivity index is 1.07. The lowest BCUT2D eigenvalue weighted by Crippen LogP contribution is -2.54. The van der Waals surface area contributed by atoms with Crippen LogP contribution in [0.3, 0.4) is 0 Å². The van der Waals surface area contributed by atoms with Gasteiger partial charge in [0.15, 0.2) is 0 Å². The summed E-state index contributed by atoms with van der Waals surface area (Å²) < 4.78 is 0. The van der Waals surface area contributed by atoms with Crippen LogP contribution in [-0.2, 0) is 5.41 Å². The Bertz CT molecular complexity index is 2310. The van der Waals surface area contributed by atoms with Crippen LogP contribution in [0.4, 0.5) is 5.69 Å². The van der Waals surface area contributed by atoms with Crippen molar-refractivity contribution in [3.63, 3.8) is 0 Å². The molecule has 1 saturated heterocycles. The molecule has 4 aromatic carbocycles. The molecule has 3 heterocycles. The molecule has 4 unspecified atom stereocenters. The first-order chi connectivity index (χ1) is 22.3. The molecule has 46 heavy (non-hydrogen) atoms. The molecule has 1 saturated carbocycles. The molecule has 7 aliphatic rings. The fourth-order valence-corrected chi connectivity index (χ4v) is 10.3. The second-order valence-electron chi connectivity index (χ2n) is 16.1. The van der Waals surface area contributed by atoms with Crippen molar-refractivity contribution in [2.45, 2.75) is 58.4 Å². The summed E-state index contributed by atoms with van der Waals surface area (Å²) in [7, 11) is 0. The number of benzene rings is 4. The van der Waals surface area contributed by atoms with Gasteiger partial charge in [-0.05, 0) is 127 Å². The molecule has 224 valence electrons. The van der Waals surface area contributed by atoms with E-state index in [2.05, 4.69) is 136 Å². The van der Waals surface area contributed by atoms with Gasteiger partial charge in [-0.1, -0.05) is 107 Å². The Hall–Kier alpha value is -4.36. The SMILES string of the molecule is CC1(C)C2=C3C(=CCC2)C(C)(C)C2C=CC=C4c5cc(-c6ccc7c(ccc8cc(C9=CC%10CC%10C=C9)ccc87)c6)cc1c5N3C42. The van der Waals surface area contributed by atoms with Gasteiger partial charge >= 0.3 is 0 Å². The van der Waals surface area contributed by atoms with E-state index in [1.807, 2.05) is 0 Å². The Morgan fingerprint density at radius 3 is 2.37 bits per heavy atom. The molecule has 4 atom stereocenters. The van der Waals surface area contributed by atoms with Gasteiger partial charge in [0.25, 0.3) is 0 Å². The molecule has 0 N–H and O–H groups in total. The molecule has 3 aliphatic heterocycles. The summed E-state index contributed by atoms with van der Waals surface area (Å²) in [6.45, 7) is 9.97. The number of nitrogens with zero attached hydrogens (tertiary/aromatic N) is 1. The van der Waals surface area contributed by atoms with Crippen LogP contribution in [0.1, 0.15) is 63.6 Å². The summed E-state index contributed by atoms with van der Waals surface area (Å²) >= 11 is 0. The molecule has 11 rings (SSSR count). The molecule has 1 nitrogen and oxygen atoms in total. The summed E-state index contributed by atoms with van der Waals surface area (Å²) in [5.41, 5.74) is 16.2. The minimum absolute atomic E-state index is 0.00995. The van der Waals surface area contributed by atoms with Crippen molar-refractivity contribution in [2.24, 2.45) is 23.2 Å². The molecule has 0 amide bonds. The third kappa shape index (κ3) is 3.12. The minimum Gasteiger partial charge on any atom is -0.332 e. The molecule has 0 radical (unpaired) electrons. The monoisotopic (exact) mass is 593 g/mol. The minimum atomic E-state index is -0.00995. The van der Waals surface area contributed by atoms with E-state index in [9.17, 15) is 0 Å². The van der Waals surface area contributed by atoms with Gasteiger partial charge < -0.3 is 4.90 Å². The molecule has 0 spiro atoms. The van der Waals surface area contributed by atoms with Crippen molar-refractivity contribution >= 4 is 38.4 Å². The third-order valence-corrected chi connectivity index (χ3v) is 13.0. The van der Waals surface area contributed by atoms with Crippen molar-refractivity contribution < 1.29 is 0 Å². The zero-order valence-electron chi connectivity index (χ0n) is 27.2. The summed E-state index contributed by atoms with van der Waals surface area (Å²) in [5.74, 6) is 2.03. The van der Waals surface area contributed by atoms with E-state index in [1.54, 1.807) is 16.8 Å². The normalized spacial score (nSPS) is 28.2. The number of rotatable bonds is 2. The van der Waals surface area contributed by atoms with Gasteiger partial charge in [-0.15, -0.1) is 0 Å². The Labute approximate surface area is 272 Å². The maximum Gasteiger partial charge on any atom is 0.0669 e. The van der Waals surface area contributed by atoms with Crippen LogP contribution in [0, 0.1) is 23.2 Å². The number of piperidine rings is 1. The molecule has 4 aromatic rings. The Morgan fingerprint density at radius 1 is 0.783 bits per heavy atom.